The van der Waals surface area contributed by atoms with Crippen LogP contribution in [0.3, 0.4) is 0 Å². The molecule has 0 aliphatic heterocycles. The Kier molecular flexibility index (Phi) is 4.10. The molecule has 0 aliphatic rings. The van der Waals surface area contributed by atoms with Gasteiger partial charge in [-0.25, -0.2) is 0 Å². The minimum atomic E-state index is -0.988. The first-order valence-corrected chi connectivity index (χ1v) is 4.24. The number of hydrogen-bond acceptors (Lipinski definition) is 2. The maximum atomic E-state index is 10.5. The zero-order chi connectivity index (χ0) is 7.44. The van der Waals surface area contributed by atoms with Gasteiger partial charge in [-0.05, 0) is 0 Å². The van der Waals surface area contributed by atoms with Crippen molar-refractivity contribution in [2.24, 2.45) is 5.92 Å². The molecule has 1 atom stereocenters. The summed E-state index contributed by atoms with van der Waals surface area (Å²) in [6.45, 7) is 1.32. The molecule has 46 valence electrons. The predicted molar refractivity (Wildman–Crippen MR) is 32.4 cm³/mol. The van der Waals surface area contributed by atoms with Crippen LogP contribution < -0.4 is 0 Å². The number of carboxylic acid groups (broad SMARTS) is 1. The standard InChI is InChI=1S/C5H7O3.Na/c1-3(4(2)6)5(7)8;/h3H,1H2,2H3,(H,7,8);. The van der Waals surface area contributed by atoms with Crippen molar-refractivity contribution in [1.29, 1.82) is 0 Å². The molecule has 0 saturated heterocycles. The SMILES string of the molecule is CC(=O)C([CH2][Na])C(=O)O. The molecule has 9 heavy (non-hydrogen) atoms. The molecule has 3 nitrogen and oxygen atoms in total. The van der Waals surface area contributed by atoms with Crippen LogP contribution >= 0.6 is 0 Å². The molecule has 1 N–H and O–H groups in total. The predicted octanol–water partition coefficient (Wildman–Crippen LogP) is -0.137. The number of Topliss-reactive ketones (excluding diaryl/α,β-unsaturated/α-hetero) is 1. The quantitative estimate of drug-likeness (QED) is 0.436. The zero-order valence-electron chi connectivity index (χ0n) is 5.55. The summed E-state index contributed by atoms with van der Waals surface area (Å²) in [7, 11) is 0. The summed E-state index contributed by atoms with van der Waals surface area (Å²) in [5.74, 6) is -1.97. The summed E-state index contributed by atoms with van der Waals surface area (Å²) < 4.78 is 0.519. The Bertz CT molecular complexity index is 118. The van der Waals surface area contributed by atoms with Gasteiger partial charge >= 0.3 is 70.9 Å². The van der Waals surface area contributed by atoms with Crippen molar-refractivity contribution in [1.82, 2.24) is 0 Å². The van der Waals surface area contributed by atoms with Gasteiger partial charge in [-0.2, -0.15) is 0 Å². The van der Waals surface area contributed by atoms with Crippen molar-refractivity contribution in [3.05, 3.63) is 0 Å². The fraction of sp³-hybridized carbons (Fsp3) is 0.600. The van der Waals surface area contributed by atoms with Gasteiger partial charge in [-0.3, -0.25) is 0 Å². The maximum absolute atomic E-state index is 10.5. The van der Waals surface area contributed by atoms with E-state index in [0.29, 0.717) is 3.67 Å². The van der Waals surface area contributed by atoms with Gasteiger partial charge < -0.3 is 0 Å². The van der Waals surface area contributed by atoms with Crippen LogP contribution in [0.2, 0.25) is 3.67 Å². The molecule has 0 bridgehead atoms. The van der Waals surface area contributed by atoms with E-state index < -0.39 is 11.9 Å². The molecule has 0 radical (unpaired) electrons. The molecule has 0 aliphatic carbocycles. The molecule has 1 unspecified atom stereocenters. The van der Waals surface area contributed by atoms with E-state index in [4.69, 9.17) is 5.11 Å². The molecule has 4 heteroatoms. The van der Waals surface area contributed by atoms with Crippen molar-refractivity contribution < 1.29 is 14.7 Å². The topological polar surface area (TPSA) is 54.4 Å². The minimum absolute atomic E-state index is 0.238. The van der Waals surface area contributed by atoms with Crippen molar-refractivity contribution >= 4 is 39.7 Å². The Labute approximate surface area is 70.8 Å². The van der Waals surface area contributed by atoms with Gasteiger partial charge in [0.15, 0.2) is 0 Å². The summed E-state index contributed by atoms with van der Waals surface area (Å²) >= 11 is 0.766. The normalized spacial score (nSPS) is 12.8. The Hall–Kier alpha value is 0.140. The van der Waals surface area contributed by atoms with Crippen LogP contribution in [0.1, 0.15) is 6.92 Å². The molecule has 0 amide bonds. The van der Waals surface area contributed by atoms with Crippen molar-refractivity contribution in [3.63, 3.8) is 0 Å². The van der Waals surface area contributed by atoms with E-state index in [1.807, 2.05) is 0 Å². The van der Waals surface area contributed by atoms with Gasteiger partial charge in [-0.1, -0.05) is 0 Å². The third kappa shape index (κ3) is 2.98. The number of hydrogen-bond donors (Lipinski definition) is 1. The monoisotopic (exact) mass is 138 g/mol. The zero-order valence-corrected chi connectivity index (χ0v) is 7.55. The average molecular weight is 138 g/mol. The molecule has 0 aromatic carbocycles. The first-order chi connectivity index (χ1) is 4.09. The number of carbonyl (C=O) groups is 2. The summed E-state index contributed by atoms with van der Waals surface area (Å²) in [6, 6.07) is 0. The summed E-state index contributed by atoms with van der Waals surface area (Å²) in [5, 5.41) is 8.35. The van der Waals surface area contributed by atoms with Crippen LogP contribution in [0.4, 0.5) is 0 Å². The Morgan fingerprint density at radius 1 is 1.67 bits per heavy atom. The van der Waals surface area contributed by atoms with Crippen LogP contribution in [0.5, 0.6) is 0 Å². The molecule has 0 aromatic rings. The number of aliphatic carboxylic acids is 1. The van der Waals surface area contributed by atoms with Crippen LogP contribution in [-0.4, -0.2) is 44.8 Å². The van der Waals surface area contributed by atoms with Gasteiger partial charge in [0.05, 0.1) is 0 Å². The number of rotatable bonds is 3. The number of carbonyl (C=O) groups excluding carboxylic acids is 1. The Morgan fingerprint density at radius 2 is 2.11 bits per heavy atom. The first-order valence-electron chi connectivity index (χ1n) is 2.82. The molecule has 0 spiro atoms. The third-order valence-corrected chi connectivity index (χ3v) is 2.01. The second-order valence-electron chi connectivity index (χ2n) is 1.91. The van der Waals surface area contributed by atoms with Gasteiger partial charge in [0.2, 0.25) is 0 Å². The Morgan fingerprint density at radius 3 is 2.11 bits per heavy atom. The molecule has 0 rings (SSSR count). The van der Waals surface area contributed by atoms with E-state index in [1.54, 1.807) is 0 Å². The van der Waals surface area contributed by atoms with E-state index in [9.17, 15) is 9.59 Å². The molecule has 0 fully saturated rings. The van der Waals surface area contributed by atoms with Gasteiger partial charge in [0.25, 0.3) is 0 Å². The van der Waals surface area contributed by atoms with E-state index in [0.717, 1.165) is 27.9 Å². The molecular weight excluding hydrogens is 131 g/mol. The molecule has 0 heterocycles. The van der Waals surface area contributed by atoms with E-state index in [1.165, 1.54) is 6.92 Å². The second-order valence-corrected chi connectivity index (χ2v) is 2.73. The van der Waals surface area contributed by atoms with Crippen molar-refractivity contribution in [2.45, 2.75) is 10.6 Å². The van der Waals surface area contributed by atoms with Crippen molar-refractivity contribution in [3.8, 4) is 0 Å². The van der Waals surface area contributed by atoms with Crippen LogP contribution in [0, 0.1) is 5.92 Å². The van der Waals surface area contributed by atoms with E-state index in [2.05, 4.69) is 0 Å². The fourth-order valence-electron chi connectivity index (χ4n) is 0.636. The van der Waals surface area contributed by atoms with Crippen LogP contribution in [0.15, 0.2) is 0 Å². The summed E-state index contributed by atoms with van der Waals surface area (Å²) in [5.41, 5.74) is 0. The summed E-state index contributed by atoms with van der Waals surface area (Å²) in [4.78, 5) is 20.6. The van der Waals surface area contributed by atoms with Gasteiger partial charge in [-0.15, -0.1) is 0 Å². The van der Waals surface area contributed by atoms with Crippen LogP contribution in [0.25, 0.3) is 0 Å². The Balaban J connectivity index is 3.99. The van der Waals surface area contributed by atoms with Crippen LogP contribution in [-0.2, 0) is 9.59 Å². The van der Waals surface area contributed by atoms with Crippen molar-refractivity contribution in [2.75, 3.05) is 0 Å². The summed E-state index contributed by atoms with van der Waals surface area (Å²) in [6.07, 6.45) is 0. The second kappa shape index (κ2) is 4.04. The third-order valence-electron chi connectivity index (χ3n) is 1.20. The van der Waals surface area contributed by atoms with E-state index in [-0.39, 0.29) is 5.78 Å². The van der Waals surface area contributed by atoms with E-state index >= 15 is 0 Å². The first kappa shape index (κ1) is 9.14. The fourth-order valence-corrected chi connectivity index (χ4v) is 1.56. The van der Waals surface area contributed by atoms with Gasteiger partial charge in [0, 0.05) is 0 Å². The molecule has 0 aromatic heterocycles. The number of carboxylic acids is 1. The number of ketones is 1. The molecule has 0 saturated carbocycles. The molecular formula is C5H7NaO3. The van der Waals surface area contributed by atoms with Gasteiger partial charge in [0.1, 0.15) is 0 Å². The average Bonchev–Trinajstić information content (AvgIpc) is 1.64.